The van der Waals surface area contributed by atoms with Crippen LogP contribution in [0.4, 0.5) is 0 Å². The Bertz CT molecular complexity index is 680. The molecule has 0 radical (unpaired) electrons. The van der Waals surface area contributed by atoms with Crippen molar-refractivity contribution in [1.29, 1.82) is 5.26 Å². The van der Waals surface area contributed by atoms with Crippen LogP contribution in [0.1, 0.15) is 18.1 Å². The minimum atomic E-state index is 0.518. The van der Waals surface area contributed by atoms with Crippen LogP contribution in [0.2, 0.25) is 10.0 Å². The van der Waals surface area contributed by atoms with Gasteiger partial charge in [-0.1, -0.05) is 48.0 Å². The zero-order valence-electron chi connectivity index (χ0n) is 11.5. The first kappa shape index (κ1) is 16.2. The number of halogens is 2. The second-order valence-corrected chi connectivity index (χ2v) is 6.33. The highest BCUT2D eigenvalue weighted by Crippen LogP contribution is 2.34. The molecule has 0 unspecified atom stereocenters. The van der Waals surface area contributed by atoms with E-state index >= 15 is 0 Å². The molecule has 0 amide bonds. The van der Waals surface area contributed by atoms with Crippen molar-refractivity contribution < 1.29 is 0 Å². The molecule has 1 N–H and O–H groups in total. The maximum Gasteiger partial charge on any atom is 0.100 e. The van der Waals surface area contributed by atoms with E-state index in [0.29, 0.717) is 15.6 Å². The number of nitrogens with zero attached hydrogens (tertiary/aromatic N) is 1. The number of hydrogen-bond donors (Lipinski definition) is 1. The van der Waals surface area contributed by atoms with Crippen LogP contribution >= 0.6 is 35.0 Å². The lowest BCUT2D eigenvalue weighted by Gasteiger charge is -2.08. The van der Waals surface area contributed by atoms with Crippen LogP contribution in [0.15, 0.2) is 46.2 Å². The number of nitrogens with one attached hydrogen (secondary N) is 1. The van der Waals surface area contributed by atoms with Crippen LogP contribution < -0.4 is 5.32 Å². The molecule has 108 valence electrons. The molecule has 0 aliphatic heterocycles. The molecule has 5 heteroatoms. The Hall–Kier alpha value is -1.18. The summed E-state index contributed by atoms with van der Waals surface area (Å²) in [4.78, 5) is 1.87. The molecule has 0 aromatic heterocycles. The van der Waals surface area contributed by atoms with Gasteiger partial charge in [-0.15, -0.1) is 0 Å². The van der Waals surface area contributed by atoms with E-state index in [9.17, 15) is 5.26 Å². The molecule has 2 nitrogen and oxygen atoms in total. The van der Waals surface area contributed by atoms with Gasteiger partial charge < -0.3 is 5.32 Å². The van der Waals surface area contributed by atoms with E-state index in [1.54, 1.807) is 6.07 Å². The molecule has 2 rings (SSSR count). The summed E-state index contributed by atoms with van der Waals surface area (Å²) in [5, 5.41) is 13.6. The Morgan fingerprint density at radius 1 is 1.14 bits per heavy atom. The van der Waals surface area contributed by atoms with Crippen molar-refractivity contribution in [3.8, 4) is 6.07 Å². The van der Waals surface area contributed by atoms with E-state index in [1.165, 1.54) is 11.8 Å². The van der Waals surface area contributed by atoms with E-state index < -0.39 is 0 Å². The van der Waals surface area contributed by atoms with Crippen molar-refractivity contribution in [2.75, 3.05) is 6.54 Å². The first-order valence-corrected chi connectivity index (χ1v) is 8.08. The van der Waals surface area contributed by atoms with Crippen molar-refractivity contribution in [1.82, 2.24) is 5.32 Å². The van der Waals surface area contributed by atoms with Gasteiger partial charge >= 0.3 is 0 Å². The summed E-state index contributed by atoms with van der Waals surface area (Å²) in [6, 6.07) is 13.6. The number of hydrogen-bond acceptors (Lipinski definition) is 3. The molecule has 0 heterocycles. The van der Waals surface area contributed by atoms with Gasteiger partial charge in [0.25, 0.3) is 0 Å². The highest BCUT2D eigenvalue weighted by atomic mass is 35.5. The SMILES string of the molecule is CCNCc1ccc(Sc2ccc(Cl)c(Cl)c2)c(C#N)c1. The summed E-state index contributed by atoms with van der Waals surface area (Å²) in [7, 11) is 0. The second kappa shape index (κ2) is 7.72. The molecule has 2 aromatic carbocycles. The van der Waals surface area contributed by atoms with Gasteiger partial charge in [0.1, 0.15) is 6.07 Å². The Kier molecular flexibility index (Phi) is 5.96. The fourth-order valence-corrected chi connectivity index (χ4v) is 3.08. The van der Waals surface area contributed by atoms with Crippen molar-refractivity contribution in [3.05, 3.63) is 57.6 Å². The largest absolute Gasteiger partial charge is 0.313 e. The van der Waals surface area contributed by atoms with Gasteiger partial charge in [0.05, 0.1) is 15.6 Å². The summed E-state index contributed by atoms with van der Waals surface area (Å²) in [6.07, 6.45) is 0. The standard InChI is InChI=1S/C16H14Cl2N2S/c1-2-20-10-11-3-6-16(12(7-11)9-19)21-13-4-5-14(17)15(18)8-13/h3-8,20H,2,10H2,1H3. The first-order valence-electron chi connectivity index (χ1n) is 6.50. The van der Waals surface area contributed by atoms with Crippen molar-refractivity contribution in [2.45, 2.75) is 23.3 Å². The van der Waals surface area contributed by atoms with Crippen LogP contribution in [-0.2, 0) is 6.54 Å². The van der Waals surface area contributed by atoms with Gasteiger partial charge in [0, 0.05) is 16.3 Å². The summed E-state index contributed by atoms with van der Waals surface area (Å²) < 4.78 is 0. The van der Waals surface area contributed by atoms with E-state index in [0.717, 1.165) is 28.4 Å². The lowest BCUT2D eigenvalue weighted by Crippen LogP contribution is -2.11. The quantitative estimate of drug-likeness (QED) is 0.822. The van der Waals surface area contributed by atoms with Gasteiger partial charge in [0.15, 0.2) is 0 Å². The van der Waals surface area contributed by atoms with Gasteiger partial charge in [-0.05, 0) is 42.4 Å². The van der Waals surface area contributed by atoms with E-state index in [-0.39, 0.29) is 0 Å². The van der Waals surface area contributed by atoms with Gasteiger partial charge in [-0.3, -0.25) is 0 Å². The topological polar surface area (TPSA) is 35.8 Å². The third kappa shape index (κ3) is 4.39. The average molecular weight is 337 g/mol. The first-order chi connectivity index (χ1) is 10.1. The molecule has 0 aliphatic rings. The number of rotatable bonds is 5. The maximum absolute atomic E-state index is 9.31. The highest BCUT2D eigenvalue weighted by molar-refractivity contribution is 7.99. The molecule has 0 bridgehead atoms. The lowest BCUT2D eigenvalue weighted by molar-refractivity contribution is 0.726. The zero-order valence-corrected chi connectivity index (χ0v) is 13.8. The summed E-state index contributed by atoms with van der Waals surface area (Å²) in [5.74, 6) is 0. The third-order valence-corrected chi connectivity index (χ3v) is 4.67. The lowest BCUT2D eigenvalue weighted by atomic mass is 10.1. The molecule has 21 heavy (non-hydrogen) atoms. The molecule has 2 aromatic rings. The summed E-state index contributed by atoms with van der Waals surface area (Å²) >= 11 is 13.4. The Balaban J connectivity index is 2.23. The fourth-order valence-electron chi connectivity index (χ4n) is 1.80. The maximum atomic E-state index is 9.31. The predicted molar refractivity (Wildman–Crippen MR) is 89.1 cm³/mol. The molecule has 0 fully saturated rings. The van der Waals surface area contributed by atoms with Crippen LogP contribution in [0, 0.1) is 11.3 Å². The van der Waals surface area contributed by atoms with E-state index in [4.69, 9.17) is 23.2 Å². The van der Waals surface area contributed by atoms with Crippen molar-refractivity contribution in [2.24, 2.45) is 0 Å². The smallest absolute Gasteiger partial charge is 0.100 e. The van der Waals surface area contributed by atoms with Crippen LogP contribution in [0.25, 0.3) is 0 Å². The van der Waals surface area contributed by atoms with Crippen LogP contribution in [0.5, 0.6) is 0 Å². The second-order valence-electron chi connectivity index (χ2n) is 4.40. The third-order valence-electron chi connectivity index (χ3n) is 2.86. The Morgan fingerprint density at radius 2 is 1.95 bits per heavy atom. The Labute approximate surface area is 139 Å². The monoisotopic (exact) mass is 336 g/mol. The van der Waals surface area contributed by atoms with Crippen molar-refractivity contribution >= 4 is 35.0 Å². The van der Waals surface area contributed by atoms with Crippen molar-refractivity contribution in [3.63, 3.8) is 0 Å². The molecular formula is C16H14Cl2N2S. The van der Waals surface area contributed by atoms with Crippen LogP contribution in [-0.4, -0.2) is 6.54 Å². The van der Waals surface area contributed by atoms with E-state index in [1.807, 2.05) is 30.3 Å². The van der Waals surface area contributed by atoms with Gasteiger partial charge in [0.2, 0.25) is 0 Å². The number of nitriles is 1. The summed E-state index contributed by atoms with van der Waals surface area (Å²) in [5.41, 5.74) is 1.77. The van der Waals surface area contributed by atoms with E-state index in [2.05, 4.69) is 18.3 Å². The van der Waals surface area contributed by atoms with Crippen LogP contribution in [0.3, 0.4) is 0 Å². The molecule has 0 spiro atoms. The Morgan fingerprint density at radius 3 is 2.62 bits per heavy atom. The molecular weight excluding hydrogens is 323 g/mol. The zero-order chi connectivity index (χ0) is 15.2. The normalized spacial score (nSPS) is 10.4. The van der Waals surface area contributed by atoms with Gasteiger partial charge in [-0.25, -0.2) is 0 Å². The molecule has 0 saturated carbocycles. The van der Waals surface area contributed by atoms with Gasteiger partial charge in [-0.2, -0.15) is 5.26 Å². The minimum absolute atomic E-state index is 0.518. The minimum Gasteiger partial charge on any atom is -0.313 e. The number of benzene rings is 2. The average Bonchev–Trinajstić information content (AvgIpc) is 2.50. The predicted octanol–water partition coefficient (Wildman–Crippen LogP) is 5.13. The highest BCUT2D eigenvalue weighted by Gasteiger charge is 2.07. The molecule has 0 aliphatic carbocycles. The molecule has 0 saturated heterocycles. The molecule has 0 atom stereocenters. The summed E-state index contributed by atoms with van der Waals surface area (Å²) in [6.45, 7) is 3.73. The fraction of sp³-hybridized carbons (Fsp3) is 0.188.